The Kier molecular flexibility index (Phi) is 3.50. The molecule has 1 aromatic carbocycles. The zero-order chi connectivity index (χ0) is 15.7. The predicted molar refractivity (Wildman–Crippen MR) is 82.7 cm³/mol. The first kappa shape index (κ1) is 14.1. The standard InChI is InChI=1S/C16H15N3O3/c1-3-22-16(21)11-12(10-7-5-4-6-8-10)18-15-13(14(11)20)19(2)9-17-15/h4-9H,3H2,1-2H3,(H,18,20). The molecule has 0 unspecified atom stereocenters. The Balaban J connectivity index is 2.37. The molecule has 0 saturated carbocycles. The number of ether oxygens (including phenoxy) is 1. The summed E-state index contributed by atoms with van der Waals surface area (Å²) in [6.45, 7) is 1.91. The van der Waals surface area contributed by atoms with Crippen molar-refractivity contribution in [3.63, 3.8) is 0 Å². The molecule has 3 rings (SSSR count). The van der Waals surface area contributed by atoms with E-state index in [0.29, 0.717) is 16.9 Å². The van der Waals surface area contributed by atoms with E-state index in [1.165, 1.54) is 6.33 Å². The fourth-order valence-corrected chi connectivity index (χ4v) is 2.42. The number of aryl methyl sites for hydroxylation is 1. The molecule has 3 aromatic rings. The predicted octanol–water partition coefficient (Wildman–Crippen LogP) is 2.11. The Bertz CT molecular complexity index is 894. The number of carbonyl (C=O) groups excluding carboxylic acids is 1. The van der Waals surface area contributed by atoms with Crippen molar-refractivity contribution in [3.8, 4) is 11.3 Å². The third-order valence-corrected chi connectivity index (χ3v) is 3.41. The Morgan fingerprint density at radius 2 is 2.05 bits per heavy atom. The minimum absolute atomic E-state index is 0.00384. The van der Waals surface area contributed by atoms with Crippen molar-refractivity contribution >= 4 is 17.1 Å². The maximum Gasteiger partial charge on any atom is 0.344 e. The number of hydrogen-bond acceptors (Lipinski definition) is 4. The molecule has 2 aromatic heterocycles. The average molecular weight is 297 g/mol. The molecular formula is C16H15N3O3. The summed E-state index contributed by atoms with van der Waals surface area (Å²) in [6.07, 6.45) is 1.53. The van der Waals surface area contributed by atoms with Crippen molar-refractivity contribution in [2.75, 3.05) is 6.61 Å². The van der Waals surface area contributed by atoms with Gasteiger partial charge in [0.2, 0.25) is 5.43 Å². The topological polar surface area (TPSA) is 77.0 Å². The van der Waals surface area contributed by atoms with Crippen LogP contribution in [-0.4, -0.2) is 27.1 Å². The summed E-state index contributed by atoms with van der Waals surface area (Å²) in [7, 11) is 1.71. The fraction of sp³-hybridized carbons (Fsp3) is 0.188. The van der Waals surface area contributed by atoms with Crippen LogP contribution in [0.15, 0.2) is 41.5 Å². The quantitative estimate of drug-likeness (QED) is 0.751. The molecule has 0 fully saturated rings. The van der Waals surface area contributed by atoms with Gasteiger partial charge in [0.05, 0.1) is 18.6 Å². The molecule has 0 radical (unpaired) electrons. The van der Waals surface area contributed by atoms with Crippen LogP contribution in [0.4, 0.5) is 0 Å². The number of aromatic amines is 1. The summed E-state index contributed by atoms with van der Waals surface area (Å²) in [5.74, 6) is -0.634. The zero-order valence-corrected chi connectivity index (χ0v) is 12.3. The summed E-state index contributed by atoms with van der Waals surface area (Å²) in [5.41, 5.74) is 1.57. The molecule has 0 amide bonds. The zero-order valence-electron chi connectivity index (χ0n) is 12.3. The number of nitrogens with one attached hydrogen (secondary N) is 1. The minimum atomic E-state index is -0.634. The number of aromatic nitrogens is 3. The molecule has 22 heavy (non-hydrogen) atoms. The minimum Gasteiger partial charge on any atom is -0.462 e. The Labute approximate surface area is 126 Å². The maximum absolute atomic E-state index is 12.7. The number of rotatable bonds is 3. The number of hydrogen-bond donors (Lipinski definition) is 1. The lowest BCUT2D eigenvalue weighted by Gasteiger charge is -2.09. The van der Waals surface area contributed by atoms with Gasteiger partial charge in [-0.1, -0.05) is 30.3 Å². The second-order valence-electron chi connectivity index (χ2n) is 4.84. The van der Waals surface area contributed by atoms with Crippen LogP contribution in [0.2, 0.25) is 0 Å². The number of H-pyrrole nitrogens is 1. The van der Waals surface area contributed by atoms with Crippen LogP contribution in [-0.2, 0) is 11.8 Å². The number of carbonyl (C=O) groups is 1. The Morgan fingerprint density at radius 1 is 1.32 bits per heavy atom. The molecule has 0 aliphatic rings. The highest BCUT2D eigenvalue weighted by molar-refractivity contribution is 5.99. The van der Waals surface area contributed by atoms with Crippen molar-refractivity contribution in [2.24, 2.45) is 7.05 Å². The molecule has 0 atom stereocenters. The molecular weight excluding hydrogens is 282 g/mol. The normalized spacial score (nSPS) is 10.8. The highest BCUT2D eigenvalue weighted by Crippen LogP contribution is 2.22. The van der Waals surface area contributed by atoms with Crippen LogP contribution < -0.4 is 5.43 Å². The summed E-state index contributed by atoms with van der Waals surface area (Å²) in [5, 5.41) is 0. The van der Waals surface area contributed by atoms with Crippen molar-refractivity contribution in [1.29, 1.82) is 0 Å². The number of pyridine rings is 1. The second-order valence-corrected chi connectivity index (χ2v) is 4.84. The molecule has 6 heteroatoms. The molecule has 0 aliphatic heterocycles. The van der Waals surface area contributed by atoms with E-state index < -0.39 is 5.97 Å². The maximum atomic E-state index is 12.7. The summed E-state index contributed by atoms with van der Waals surface area (Å²) < 4.78 is 6.64. The molecule has 0 bridgehead atoms. The van der Waals surface area contributed by atoms with Gasteiger partial charge >= 0.3 is 5.97 Å². The molecule has 112 valence electrons. The van der Waals surface area contributed by atoms with Crippen LogP contribution in [0.3, 0.4) is 0 Å². The first-order valence-corrected chi connectivity index (χ1v) is 6.93. The average Bonchev–Trinajstić information content (AvgIpc) is 2.89. The number of imidazole rings is 1. The van der Waals surface area contributed by atoms with Gasteiger partial charge in [0.15, 0.2) is 5.65 Å². The van der Waals surface area contributed by atoms with Gasteiger partial charge in [-0.2, -0.15) is 0 Å². The first-order chi connectivity index (χ1) is 10.6. The van der Waals surface area contributed by atoms with Gasteiger partial charge in [-0.3, -0.25) is 4.79 Å². The van der Waals surface area contributed by atoms with E-state index in [1.807, 2.05) is 30.3 Å². The lowest BCUT2D eigenvalue weighted by Crippen LogP contribution is -2.21. The van der Waals surface area contributed by atoms with Gasteiger partial charge < -0.3 is 14.3 Å². The second kappa shape index (κ2) is 5.48. The van der Waals surface area contributed by atoms with Gasteiger partial charge in [-0.05, 0) is 12.5 Å². The van der Waals surface area contributed by atoms with Crippen LogP contribution in [0.25, 0.3) is 22.4 Å². The summed E-state index contributed by atoms with van der Waals surface area (Å²) in [4.78, 5) is 32.3. The molecule has 2 heterocycles. The first-order valence-electron chi connectivity index (χ1n) is 6.93. The number of fused-ring (bicyclic) bond motifs is 1. The number of esters is 1. The van der Waals surface area contributed by atoms with E-state index in [1.54, 1.807) is 18.5 Å². The molecule has 0 saturated heterocycles. The number of nitrogens with zero attached hydrogens (tertiary/aromatic N) is 2. The Hall–Kier alpha value is -2.89. The molecule has 1 N–H and O–H groups in total. The van der Waals surface area contributed by atoms with Crippen molar-refractivity contribution in [3.05, 3.63) is 52.4 Å². The van der Waals surface area contributed by atoms with Gasteiger partial charge in [0, 0.05) is 7.05 Å². The van der Waals surface area contributed by atoms with Gasteiger partial charge in [0.1, 0.15) is 11.1 Å². The van der Waals surface area contributed by atoms with Crippen LogP contribution in [0.1, 0.15) is 17.3 Å². The SMILES string of the molecule is CCOC(=O)c1c(-c2ccccc2)[nH]c2ncn(C)c2c1=O. The highest BCUT2D eigenvalue weighted by atomic mass is 16.5. The summed E-state index contributed by atoms with van der Waals surface area (Å²) in [6, 6.07) is 9.19. The van der Waals surface area contributed by atoms with E-state index >= 15 is 0 Å². The fourth-order valence-electron chi connectivity index (χ4n) is 2.42. The van der Waals surface area contributed by atoms with E-state index in [9.17, 15) is 9.59 Å². The third kappa shape index (κ3) is 2.18. The van der Waals surface area contributed by atoms with E-state index in [4.69, 9.17) is 4.74 Å². The smallest absolute Gasteiger partial charge is 0.344 e. The third-order valence-electron chi connectivity index (χ3n) is 3.41. The van der Waals surface area contributed by atoms with Gasteiger partial charge in [-0.25, -0.2) is 9.78 Å². The molecule has 6 nitrogen and oxygen atoms in total. The lowest BCUT2D eigenvalue weighted by molar-refractivity contribution is 0.0525. The largest absolute Gasteiger partial charge is 0.462 e. The molecule has 0 aliphatic carbocycles. The van der Waals surface area contributed by atoms with Gasteiger partial charge in [-0.15, -0.1) is 0 Å². The monoisotopic (exact) mass is 297 g/mol. The van der Waals surface area contributed by atoms with Crippen LogP contribution >= 0.6 is 0 Å². The van der Waals surface area contributed by atoms with E-state index in [-0.39, 0.29) is 17.6 Å². The van der Waals surface area contributed by atoms with Crippen molar-refractivity contribution in [2.45, 2.75) is 6.92 Å². The summed E-state index contributed by atoms with van der Waals surface area (Å²) >= 11 is 0. The highest BCUT2D eigenvalue weighted by Gasteiger charge is 2.22. The van der Waals surface area contributed by atoms with Crippen molar-refractivity contribution in [1.82, 2.24) is 14.5 Å². The van der Waals surface area contributed by atoms with E-state index in [2.05, 4.69) is 9.97 Å². The number of benzene rings is 1. The van der Waals surface area contributed by atoms with Crippen molar-refractivity contribution < 1.29 is 9.53 Å². The molecule has 0 spiro atoms. The van der Waals surface area contributed by atoms with Crippen LogP contribution in [0, 0.1) is 0 Å². The van der Waals surface area contributed by atoms with Crippen LogP contribution in [0.5, 0.6) is 0 Å². The van der Waals surface area contributed by atoms with E-state index in [0.717, 1.165) is 5.56 Å². The lowest BCUT2D eigenvalue weighted by atomic mass is 10.1. The Morgan fingerprint density at radius 3 is 2.73 bits per heavy atom. The van der Waals surface area contributed by atoms with Gasteiger partial charge in [0.25, 0.3) is 0 Å².